The van der Waals surface area contributed by atoms with E-state index in [1.54, 1.807) is 0 Å². The van der Waals surface area contributed by atoms with Gasteiger partial charge in [0.2, 0.25) is 15.9 Å². The van der Waals surface area contributed by atoms with Crippen LogP contribution >= 0.6 is 0 Å². The van der Waals surface area contributed by atoms with E-state index in [-0.39, 0.29) is 23.3 Å². The minimum atomic E-state index is -4.15. The molecule has 1 unspecified atom stereocenters. The Balaban J connectivity index is 3.00. The fraction of sp³-hybridized carbons (Fsp3) is 0.333. The number of nitrogens with one attached hydrogen (secondary N) is 1. The van der Waals surface area contributed by atoms with Crippen LogP contribution in [-0.4, -0.2) is 31.4 Å². The summed E-state index contributed by atoms with van der Waals surface area (Å²) in [6, 6.07) is 1.53. The molecule has 0 bridgehead atoms. The lowest BCUT2D eigenvalue weighted by Crippen LogP contribution is -2.41. The number of nitrogens with two attached hydrogens (primary N) is 1. The minimum Gasteiger partial charge on any atom is -0.480 e. The molecule has 1 atom stereocenters. The molecule has 0 radical (unpaired) electrons. The molecule has 1 amide bonds. The first-order valence-electron chi connectivity index (χ1n) is 5.93. The van der Waals surface area contributed by atoms with Crippen LogP contribution in [0.4, 0.5) is 4.39 Å². The number of amides is 1. The first-order chi connectivity index (χ1) is 9.63. The average Bonchev–Trinajstić information content (AvgIpc) is 2.33. The van der Waals surface area contributed by atoms with Crippen molar-refractivity contribution in [1.82, 2.24) is 4.72 Å². The van der Waals surface area contributed by atoms with Gasteiger partial charge < -0.3 is 10.8 Å². The molecule has 1 aromatic rings. The second-order valence-electron chi connectivity index (χ2n) is 4.43. The number of carboxylic acid groups (broad SMARTS) is 1. The standard InChI is InChI=1S/C12H15FN2O5S/c1-7-6-8(13)2-4-10(7)21(19,20)15-9(12(17)18)3-5-11(14)16/h2,4,6,9,15H,3,5H2,1H3,(H2,14,16)(H,17,18). The van der Waals surface area contributed by atoms with Crippen molar-refractivity contribution in [3.05, 3.63) is 29.6 Å². The number of hydrogen-bond acceptors (Lipinski definition) is 4. The highest BCUT2D eigenvalue weighted by atomic mass is 32.2. The normalized spacial score (nSPS) is 12.9. The van der Waals surface area contributed by atoms with Crippen LogP contribution in [0, 0.1) is 12.7 Å². The average molecular weight is 318 g/mol. The largest absolute Gasteiger partial charge is 0.480 e. The first-order valence-corrected chi connectivity index (χ1v) is 7.41. The number of hydrogen-bond donors (Lipinski definition) is 3. The van der Waals surface area contributed by atoms with E-state index in [4.69, 9.17) is 10.8 Å². The second kappa shape index (κ2) is 6.64. The molecule has 0 saturated heterocycles. The van der Waals surface area contributed by atoms with Gasteiger partial charge in [-0.3, -0.25) is 9.59 Å². The summed E-state index contributed by atoms with van der Waals surface area (Å²) in [5, 5.41) is 8.97. The molecule has 0 heterocycles. The maximum atomic E-state index is 13.0. The quantitative estimate of drug-likeness (QED) is 0.658. The van der Waals surface area contributed by atoms with Gasteiger partial charge in [-0.05, 0) is 37.1 Å². The van der Waals surface area contributed by atoms with Crippen LogP contribution in [0.15, 0.2) is 23.1 Å². The maximum absolute atomic E-state index is 13.0. The lowest BCUT2D eigenvalue weighted by atomic mass is 10.2. The van der Waals surface area contributed by atoms with Gasteiger partial charge in [0, 0.05) is 6.42 Å². The number of halogens is 1. The molecule has 1 aromatic carbocycles. The molecule has 0 fully saturated rings. The Kier molecular flexibility index (Phi) is 5.39. The van der Waals surface area contributed by atoms with E-state index in [0.29, 0.717) is 0 Å². The molecule has 0 aliphatic heterocycles. The topological polar surface area (TPSA) is 127 Å². The number of primary amides is 1. The second-order valence-corrected chi connectivity index (χ2v) is 6.11. The summed E-state index contributed by atoms with van der Waals surface area (Å²) in [5.74, 6) is -2.77. The van der Waals surface area contributed by atoms with E-state index >= 15 is 0 Å². The zero-order valence-electron chi connectivity index (χ0n) is 11.2. The molecule has 4 N–H and O–H groups in total. The van der Waals surface area contributed by atoms with Crippen molar-refractivity contribution in [3.8, 4) is 0 Å². The number of benzene rings is 1. The fourth-order valence-electron chi connectivity index (χ4n) is 1.68. The Morgan fingerprint density at radius 2 is 2.05 bits per heavy atom. The van der Waals surface area contributed by atoms with E-state index in [1.807, 2.05) is 4.72 Å². The molecule has 0 aliphatic rings. The number of aryl methyl sites for hydroxylation is 1. The SMILES string of the molecule is Cc1cc(F)ccc1S(=O)(=O)NC(CCC(N)=O)C(=O)O. The number of sulfonamides is 1. The summed E-state index contributed by atoms with van der Waals surface area (Å²) in [6.45, 7) is 1.39. The molecule has 7 nitrogen and oxygen atoms in total. The Morgan fingerprint density at radius 3 is 2.52 bits per heavy atom. The number of carbonyl (C=O) groups is 2. The lowest BCUT2D eigenvalue weighted by molar-refractivity contribution is -0.139. The van der Waals surface area contributed by atoms with Crippen molar-refractivity contribution in [3.63, 3.8) is 0 Å². The molecule has 21 heavy (non-hydrogen) atoms. The van der Waals surface area contributed by atoms with Crippen molar-refractivity contribution in [1.29, 1.82) is 0 Å². The zero-order chi connectivity index (χ0) is 16.2. The Morgan fingerprint density at radius 1 is 1.43 bits per heavy atom. The van der Waals surface area contributed by atoms with Gasteiger partial charge in [-0.2, -0.15) is 4.72 Å². The Bertz CT molecular complexity index is 660. The number of carbonyl (C=O) groups excluding carboxylic acids is 1. The van der Waals surface area contributed by atoms with Crippen molar-refractivity contribution in [2.24, 2.45) is 5.73 Å². The summed E-state index contributed by atoms with van der Waals surface area (Å²) >= 11 is 0. The number of aliphatic carboxylic acids is 1. The predicted octanol–water partition coefficient (Wildman–Crippen LogP) is 0.131. The van der Waals surface area contributed by atoms with Crippen LogP contribution in [0.3, 0.4) is 0 Å². The van der Waals surface area contributed by atoms with Crippen LogP contribution in [0.5, 0.6) is 0 Å². The molecule has 0 aromatic heterocycles. The maximum Gasteiger partial charge on any atom is 0.321 e. The molecule has 0 aliphatic carbocycles. The highest BCUT2D eigenvalue weighted by Crippen LogP contribution is 2.17. The van der Waals surface area contributed by atoms with Crippen LogP contribution in [0.25, 0.3) is 0 Å². The summed E-state index contributed by atoms with van der Waals surface area (Å²) in [5.41, 5.74) is 5.05. The number of carboxylic acids is 1. The van der Waals surface area contributed by atoms with Crippen molar-refractivity contribution in [2.75, 3.05) is 0 Å². The van der Waals surface area contributed by atoms with E-state index in [2.05, 4.69) is 0 Å². The van der Waals surface area contributed by atoms with Crippen molar-refractivity contribution in [2.45, 2.75) is 30.7 Å². The van der Waals surface area contributed by atoms with Crippen LogP contribution in [-0.2, 0) is 19.6 Å². The monoisotopic (exact) mass is 318 g/mol. The molecule has 0 saturated carbocycles. The van der Waals surface area contributed by atoms with Gasteiger partial charge in [-0.15, -0.1) is 0 Å². The molecule has 1 rings (SSSR count). The fourth-order valence-corrected chi connectivity index (χ4v) is 3.13. The number of rotatable bonds is 7. The third-order valence-corrected chi connectivity index (χ3v) is 4.33. The summed E-state index contributed by atoms with van der Waals surface area (Å²) in [6.07, 6.45) is -0.550. The van der Waals surface area contributed by atoms with Crippen molar-refractivity contribution >= 4 is 21.9 Å². The smallest absolute Gasteiger partial charge is 0.321 e. The summed E-state index contributed by atoms with van der Waals surface area (Å²) in [7, 11) is -4.15. The Labute approximate surface area is 121 Å². The van der Waals surface area contributed by atoms with E-state index < -0.39 is 33.8 Å². The van der Waals surface area contributed by atoms with Crippen molar-refractivity contribution < 1.29 is 27.5 Å². The van der Waals surface area contributed by atoms with Crippen LogP contribution < -0.4 is 10.5 Å². The van der Waals surface area contributed by atoms with Crippen LogP contribution in [0.2, 0.25) is 0 Å². The van der Waals surface area contributed by atoms with E-state index in [1.165, 1.54) is 6.92 Å². The molecular weight excluding hydrogens is 303 g/mol. The van der Waals surface area contributed by atoms with Gasteiger partial charge in [0.1, 0.15) is 11.9 Å². The third-order valence-electron chi connectivity index (χ3n) is 2.70. The molecule has 9 heteroatoms. The molecular formula is C12H15FN2O5S. The van der Waals surface area contributed by atoms with Crippen LogP contribution in [0.1, 0.15) is 18.4 Å². The zero-order valence-corrected chi connectivity index (χ0v) is 12.0. The van der Waals surface area contributed by atoms with Gasteiger partial charge in [-0.1, -0.05) is 0 Å². The first kappa shape index (κ1) is 17.1. The van der Waals surface area contributed by atoms with Gasteiger partial charge >= 0.3 is 5.97 Å². The molecule has 0 spiro atoms. The lowest BCUT2D eigenvalue weighted by Gasteiger charge is -2.15. The third kappa shape index (κ3) is 4.80. The predicted molar refractivity (Wildman–Crippen MR) is 71.3 cm³/mol. The van der Waals surface area contributed by atoms with Gasteiger partial charge in [0.15, 0.2) is 0 Å². The summed E-state index contributed by atoms with van der Waals surface area (Å²) < 4.78 is 39.2. The molecule has 116 valence electrons. The van der Waals surface area contributed by atoms with Gasteiger partial charge in [-0.25, -0.2) is 12.8 Å². The summed E-state index contributed by atoms with van der Waals surface area (Å²) in [4.78, 5) is 21.5. The van der Waals surface area contributed by atoms with Gasteiger partial charge in [0.05, 0.1) is 4.90 Å². The van der Waals surface area contributed by atoms with E-state index in [0.717, 1.165) is 18.2 Å². The Hall–Kier alpha value is -2.00. The highest BCUT2D eigenvalue weighted by molar-refractivity contribution is 7.89. The minimum absolute atomic E-state index is 0.140. The van der Waals surface area contributed by atoms with E-state index in [9.17, 15) is 22.4 Å². The highest BCUT2D eigenvalue weighted by Gasteiger charge is 2.26. The van der Waals surface area contributed by atoms with Gasteiger partial charge in [0.25, 0.3) is 0 Å².